The maximum Gasteiger partial charge on any atom is 0.316 e. The predicted octanol–water partition coefficient (Wildman–Crippen LogP) is 3.80. The Morgan fingerprint density at radius 2 is 1.86 bits per heavy atom. The van der Waals surface area contributed by atoms with Crippen molar-refractivity contribution in [2.75, 3.05) is 11.6 Å². The number of nitrogens with one attached hydrogen (secondary N) is 1. The van der Waals surface area contributed by atoms with E-state index in [4.69, 9.17) is 37.5 Å². The van der Waals surface area contributed by atoms with Gasteiger partial charge in [0, 0.05) is 16.0 Å². The molecular weight excluding hydrogens is 431 g/mol. The van der Waals surface area contributed by atoms with Gasteiger partial charge in [0.05, 0.1) is 11.3 Å². The van der Waals surface area contributed by atoms with E-state index < -0.39 is 21.9 Å². The maximum atomic E-state index is 12.9. The average Bonchev–Trinajstić information content (AvgIpc) is 2.90. The third kappa shape index (κ3) is 4.22. The second-order valence-corrected chi connectivity index (χ2v) is 8.11. The number of halogens is 2. The second kappa shape index (κ2) is 7.34. The van der Waals surface area contributed by atoms with Gasteiger partial charge < -0.3 is 19.7 Å². The molecule has 1 heterocycles. The Labute approximate surface area is 169 Å². The van der Waals surface area contributed by atoms with Crippen LogP contribution in [0.15, 0.2) is 40.8 Å². The van der Waals surface area contributed by atoms with E-state index >= 15 is 0 Å². The fourth-order valence-corrected chi connectivity index (χ4v) is 3.45. The van der Waals surface area contributed by atoms with Gasteiger partial charge >= 0.3 is 16.1 Å². The highest BCUT2D eigenvalue weighted by Gasteiger charge is 2.25. The van der Waals surface area contributed by atoms with Crippen LogP contribution in [0.4, 0.5) is 10.5 Å². The molecule has 0 saturated heterocycles. The number of carbonyl (C=O) groups is 2. The number of anilines is 1. The van der Waals surface area contributed by atoms with Gasteiger partial charge in [-0.15, -0.1) is 0 Å². The molecule has 0 atom stereocenters. The van der Waals surface area contributed by atoms with Gasteiger partial charge in [-0.1, -0.05) is 23.2 Å². The third-order valence-electron chi connectivity index (χ3n) is 3.54. The van der Waals surface area contributed by atoms with Gasteiger partial charge in [-0.2, -0.15) is 8.42 Å². The Morgan fingerprint density at radius 3 is 2.46 bits per heavy atom. The minimum atomic E-state index is -3.78. The van der Waals surface area contributed by atoms with E-state index in [0.29, 0.717) is 5.02 Å². The van der Waals surface area contributed by atoms with E-state index in [9.17, 15) is 18.0 Å². The van der Waals surface area contributed by atoms with Crippen molar-refractivity contribution in [3.63, 3.8) is 0 Å². The molecular formula is C17H12Cl2N2O6S. The molecule has 3 rings (SSSR count). The van der Waals surface area contributed by atoms with Crippen molar-refractivity contribution in [1.29, 1.82) is 0 Å². The van der Waals surface area contributed by atoms with Gasteiger partial charge in [0.15, 0.2) is 5.76 Å². The van der Waals surface area contributed by atoms with Crippen LogP contribution in [0.2, 0.25) is 10.0 Å². The quantitative estimate of drug-likeness (QED) is 0.456. The van der Waals surface area contributed by atoms with E-state index in [1.165, 1.54) is 36.4 Å². The number of rotatable bonds is 5. The van der Waals surface area contributed by atoms with Crippen LogP contribution in [0.5, 0.6) is 5.75 Å². The first kappa shape index (κ1) is 20.0. The first-order chi connectivity index (χ1) is 13.0. The van der Waals surface area contributed by atoms with Crippen molar-refractivity contribution in [2.24, 2.45) is 5.73 Å². The topological polar surface area (TPSA) is 129 Å². The van der Waals surface area contributed by atoms with E-state index in [1.54, 1.807) is 0 Å². The lowest BCUT2D eigenvalue weighted by Gasteiger charge is -2.05. The largest absolute Gasteiger partial charge is 0.450 e. The molecule has 0 aliphatic heterocycles. The second-order valence-electron chi connectivity index (χ2n) is 5.69. The molecule has 2 amide bonds. The molecule has 0 saturated carbocycles. The summed E-state index contributed by atoms with van der Waals surface area (Å²) in [6.07, 6.45) is 0.882. The Morgan fingerprint density at radius 1 is 1.14 bits per heavy atom. The molecule has 3 aromatic rings. The molecule has 0 spiro atoms. The highest BCUT2D eigenvalue weighted by molar-refractivity contribution is 7.86. The Hall–Kier alpha value is -2.75. The molecule has 0 fully saturated rings. The van der Waals surface area contributed by atoms with Crippen LogP contribution in [-0.2, 0) is 10.1 Å². The number of furan rings is 1. The summed E-state index contributed by atoms with van der Waals surface area (Å²) < 4.78 is 33.1. The molecule has 0 radical (unpaired) electrons. The molecule has 0 bridgehead atoms. The highest BCUT2D eigenvalue weighted by atomic mass is 35.5. The maximum absolute atomic E-state index is 12.9. The van der Waals surface area contributed by atoms with Crippen molar-refractivity contribution in [3.8, 4) is 5.75 Å². The molecule has 3 N–H and O–H groups in total. The SMILES string of the molecule is CS(=O)(=O)Oc1ccc2oc(C(=O)c3ccc(Cl)cc3Cl)c(NC(N)=O)c2c1. The first-order valence-corrected chi connectivity index (χ1v) is 10.1. The third-order valence-corrected chi connectivity index (χ3v) is 4.58. The minimum Gasteiger partial charge on any atom is -0.450 e. The molecule has 11 heteroatoms. The van der Waals surface area contributed by atoms with E-state index in [1.807, 2.05) is 0 Å². The Kier molecular flexibility index (Phi) is 5.24. The molecule has 0 aliphatic rings. The van der Waals surface area contributed by atoms with E-state index in [0.717, 1.165) is 6.26 Å². The summed E-state index contributed by atoms with van der Waals surface area (Å²) in [5.74, 6) is -0.909. The van der Waals surface area contributed by atoms with Gasteiger partial charge in [-0.25, -0.2) is 4.79 Å². The Bertz CT molecular complexity index is 1220. The number of carbonyl (C=O) groups excluding carboxylic acids is 2. The van der Waals surface area contributed by atoms with Crippen LogP contribution >= 0.6 is 23.2 Å². The zero-order valence-electron chi connectivity index (χ0n) is 14.2. The Balaban J connectivity index is 2.18. The van der Waals surface area contributed by atoms with Crippen LogP contribution in [0.1, 0.15) is 16.1 Å². The molecule has 0 aliphatic carbocycles. The van der Waals surface area contributed by atoms with Crippen molar-refractivity contribution < 1.29 is 26.6 Å². The number of fused-ring (bicyclic) bond motifs is 1. The monoisotopic (exact) mass is 442 g/mol. The predicted molar refractivity (Wildman–Crippen MR) is 105 cm³/mol. The zero-order chi connectivity index (χ0) is 20.6. The van der Waals surface area contributed by atoms with Crippen molar-refractivity contribution in [2.45, 2.75) is 0 Å². The summed E-state index contributed by atoms with van der Waals surface area (Å²) in [6.45, 7) is 0. The number of ketones is 1. The van der Waals surface area contributed by atoms with Crippen molar-refractivity contribution in [1.82, 2.24) is 0 Å². The normalized spacial score (nSPS) is 11.4. The van der Waals surface area contributed by atoms with Gasteiger partial charge in [-0.05, 0) is 36.4 Å². The van der Waals surface area contributed by atoms with Crippen LogP contribution < -0.4 is 15.2 Å². The number of benzene rings is 2. The number of amides is 2. The molecule has 28 heavy (non-hydrogen) atoms. The lowest BCUT2D eigenvalue weighted by molar-refractivity contribution is 0.101. The number of hydrogen-bond donors (Lipinski definition) is 2. The van der Waals surface area contributed by atoms with Gasteiger partial charge in [0.1, 0.15) is 17.0 Å². The summed E-state index contributed by atoms with van der Waals surface area (Å²) >= 11 is 11.9. The fraction of sp³-hybridized carbons (Fsp3) is 0.0588. The van der Waals surface area contributed by atoms with E-state index in [-0.39, 0.29) is 38.8 Å². The summed E-state index contributed by atoms with van der Waals surface area (Å²) in [7, 11) is -3.78. The number of primary amides is 1. The van der Waals surface area contributed by atoms with Gasteiger partial charge in [-0.3, -0.25) is 4.79 Å². The number of hydrogen-bond acceptors (Lipinski definition) is 6. The zero-order valence-corrected chi connectivity index (χ0v) is 16.5. The first-order valence-electron chi connectivity index (χ1n) is 7.57. The fourth-order valence-electron chi connectivity index (χ4n) is 2.51. The van der Waals surface area contributed by atoms with Gasteiger partial charge in [0.2, 0.25) is 5.78 Å². The summed E-state index contributed by atoms with van der Waals surface area (Å²) in [5.41, 5.74) is 5.44. The summed E-state index contributed by atoms with van der Waals surface area (Å²) in [6, 6.07) is 7.35. The molecule has 0 unspecified atom stereocenters. The van der Waals surface area contributed by atoms with Crippen LogP contribution in [0, 0.1) is 0 Å². The van der Waals surface area contributed by atoms with Crippen LogP contribution in [-0.4, -0.2) is 26.5 Å². The smallest absolute Gasteiger partial charge is 0.316 e. The standard InChI is InChI=1S/C17H12Cl2N2O6S/c1-28(24,25)27-9-3-5-13-11(7-9)14(21-17(20)23)16(26-13)15(22)10-4-2-8(18)6-12(10)19/h2-7H,1H3,(H3,20,21,23). The van der Waals surface area contributed by atoms with E-state index in [2.05, 4.69) is 5.32 Å². The van der Waals surface area contributed by atoms with Crippen molar-refractivity contribution >= 4 is 61.8 Å². The van der Waals surface area contributed by atoms with Crippen LogP contribution in [0.3, 0.4) is 0 Å². The van der Waals surface area contributed by atoms with Gasteiger partial charge in [0.25, 0.3) is 0 Å². The summed E-state index contributed by atoms with van der Waals surface area (Å²) in [4.78, 5) is 24.4. The number of nitrogens with two attached hydrogens (primary N) is 1. The average molecular weight is 443 g/mol. The highest BCUT2D eigenvalue weighted by Crippen LogP contribution is 2.36. The lowest BCUT2D eigenvalue weighted by Crippen LogP contribution is -2.20. The molecule has 8 nitrogen and oxygen atoms in total. The summed E-state index contributed by atoms with van der Waals surface area (Å²) in [5, 5.41) is 2.96. The minimum absolute atomic E-state index is 0.0353. The lowest BCUT2D eigenvalue weighted by atomic mass is 10.1. The molecule has 146 valence electrons. The number of urea groups is 1. The van der Waals surface area contributed by atoms with Crippen molar-refractivity contribution in [3.05, 3.63) is 57.8 Å². The molecule has 1 aromatic heterocycles. The van der Waals surface area contributed by atoms with Crippen LogP contribution in [0.25, 0.3) is 11.0 Å². The molecule has 2 aromatic carbocycles.